The highest BCUT2D eigenvalue weighted by Gasteiger charge is 2.37. The number of hydrogen-bond donors (Lipinski definition) is 2. The molecule has 3 heterocycles. The Morgan fingerprint density at radius 1 is 1.25 bits per heavy atom. The third-order valence-electron chi connectivity index (χ3n) is 3.93. The molecule has 0 aromatic carbocycles. The minimum absolute atomic E-state index is 0.00574. The van der Waals surface area contributed by atoms with Gasteiger partial charge in [-0.05, 0) is 30.7 Å². The van der Waals surface area contributed by atoms with Crippen LogP contribution in [0.4, 0.5) is 0 Å². The summed E-state index contributed by atoms with van der Waals surface area (Å²) < 4.78 is 11.0. The maximum atomic E-state index is 9.32. The molecule has 0 aliphatic carbocycles. The van der Waals surface area contributed by atoms with E-state index in [4.69, 9.17) is 8.83 Å². The van der Waals surface area contributed by atoms with Crippen molar-refractivity contribution in [1.29, 1.82) is 0 Å². The largest absolute Gasteiger partial charge is 0.468 e. The standard InChI is InChI=1S/C15H18N2O3/c1-2-10-11(17-18)9-12(13-5-3-7-19-13)16-15(10)14-6-4-8-20-14/h3-8,10,12,15-16,18H,2,9H2,1H3/b17-11+/t10-,12-,15-/m1/s1. The lowest BCUT2D eigenvalue weighted by molar-refractivity contribution is 0.256. The van der Waals surface area contributed by atoms with Crippen LogP contribution in [-0.4, -0.2) is 10.9 Å². The van der Waals surface area contributed by atoms with Gasteiger partial charge < -0.3 is 14.0 Å². The molecular formula is C15H18N2O3. The molecule has 20 heavy (non-hydrogen) atoms. The summed E-state index contributed by atoms with van der Waals surface area (Å²) >= 11 is 0. The smallest absolute Gasteiger partial charge is 0.121 e. The predicted octanol–water partition coefficient (Wildman–Crippen LogP) is 3.50. The average Bonchev–Trinajstić information content (AvgIpc) is 3.18. The van der Waals surface area contributed by atoms with E-state index in [1.165, 1.54) is 0 Å². The molecule has 0 amide bonds. The highest BCUT2D eigenvalue weighted by molar-refractivity contribution is 5.88. The summed E-state index contributed by atoms with van der Waals surface area (Å²) in [5.41, 5.74) is 0.786. The number of nitrogens with zero attached hydrogens (tertiary/aromatic N) is 1. The van der Waals surface area contributed by atoms with E-state index in [0.717, 1.165) is 23.7 Å². The molecule has 1 fully saturated rings. The first kappa shape index (κ1) is 13.0. The van der Waals surface area contributed by atoms with Gasteiger partial charge in [0.05, 0.1) is 30.3 Å². The van der Waals surface area contributed by atoms with Crippen molar-refractivity contribution in [3.63, 3.8) is 0 Å². The van der Waals surface area contributed by atoms with Gasteiger partial charge in [0, 0.05) is 12.3 Å². The van der Waals surface area contributed by atoms with Crippen LogP contribution in [0.1, 0.15) is 43.4 Å². The third-order valence-corrected chi connectivity index (χ3v) is 3.93. The number of piperidine rings is 1. The molecule has 2 N–H and O–H groups in total. The molecule has 1 aliphatic heterocycles. The molecule has 0 radical (unpaired) electrons. The fourth-order valence-corrected chi connectivity index (χ4v) is 2.95. The topological polar surface area (TPSA) is 70.9 Å². The summed E-state index contributed by atoms with van der Waals surface area (Å²) in [7, 11) is 0. The minimum Gasteiger partial charge on any atom is -0.468 e. The predicted molar refractivity (Wildman–Crippen MR) is 73.7 cm³/mol. The molecule has 0 saturated carbocycles. The van der Waals surface area contributed by atoms with Crippen molar-refractivity contribution in [3.8, 4) is 0 Å². The second-order valence-corrected chi connectivity index (χ2v) is 5.04. The molecule has 106 valence electrons. The molecule has 0 unspecified atom stereocenters. The monoisotopic (exact) mass is 274 g/mol. The van der Waals surface area contributed by atoms with Gasteiger partial charge in [-0.25, -0.2) is 0 Å². The number of nitrogens with one attached hydrogen (secondary N) is 1. The Bertz CT molecular complexity index is 560. The maximum Gasteiger partial charge on any atom is 0.121 e. The zero-order chi connectivity index (χ0) is 13.9. The van der Waals surface area contributed by atoms with E-state index in [1.807, 2.05) is 24.3 Å². The van der Waals surface area contributed by atoms with Crippen LogP contribution in [0.2, 0.25) is 0 Å². The first-order valence-electron chi connectivity index (χ1n) is 6.87. The van der Waals surface area contributed by atoms with E-state index in [0.29, 0.717) is 6.42 Å². The van der Waals surface area contributed by atoms with Crippen LogP contribution in [0.3, 0.4) is 0 Å². The quantitative estimate of drug-likeness (QED) is 0.663. The molecule has 1 aliphatic rings. The first-order valence-corrected chi connectivity index (χ1v) is 6.87. The Labute approximate surface area is 117 Å². The zero-order valence-corrected chi connectivity index (χ0v) is 11.3. The molecule has 2 aromatic heterocycles. The lowest BCUT2D eigenvalue weighted by atomic mass is 9.82. The summed E-state index contributed by atoms with van der Waals surface area (Å²) in [6.07, 6.45) is 4.83. The van der Waals surface area contributed by atoms with Crippen LogP contribution in [0, 0.1) is 5.92 Å². The van der Waals surface area contributed by atoms with Crippen molar-refractivity contribution in [2.75, 3.05) is 0 Å². The van der Waals surface area contributed by atoms with E-state index in [1.54, 1.807) is 12.5 Å². The average molecular weight is 274 g/mol. The van der Waals surface area contributed by atoms with Crippen molar-refractivity contribution >= 4 is 5.71 Å². The minimum atomic E-state index is -0.00949. The Morgan fingerprint density at radius 3 is 2.50 bits per heavy atom. The van der Waals surface area contributed by atoms with E-state index in [2.05, 4.69) is 17.4 Å². The van der Waals surface area contributed by atoms with Gasteiger partial charge >= 0.3 is 0 Å². The summed E-state index contributed by atoms with van der Waals surface area (Å²) in [5.74, 6) is 1.82. The summed E-state index contributed by atoms with van der Waals surface area (Å²) in [5, 5.41) is 16.4. The van der Waals surface area contributed by atoms with Gasteiger partial charge in [-0.15, -0.1) is 0 Å². The Balaban J connectivity index is 1.93. The fraction of sp³-hybridized carbons (Fsp3) is 0.400. The Hall–Kier alpha value is -2.01. The van der Waals surface area contributed by atoms with Gasteiger partial charge in [-0.2, -0.15) is 0 Å². The summed E-state index contributed by atoms with van der Waals surface area (Å²) in [6.45, 7) is 2.08. The zero-order valence-electron chi connectivity index (χ0n) is 11.3. The van der Waals surface area contributed by atoms with Crippen LogP contribution in [-0.2, 0) is 0 Å². The number of hydrogen-bond acceptors (Lipinski definition) is 5. The van der Waals surface area contributed by atoms with Crippen molar-refractivity contribution in [2.24, 2.45) is 11.1 Å². The van der Waals surface area contributed by atoms with Crippen molar-refractivity contribution in [2.45, 2.75) is 31.8 Å². The molecule has 3 atom stereocenters. The molecule has 3 rings (SSSR count). The molecule has 1 saturated heterocycles. The highest BCUT2D eigenvalue weighted by atomic mass is 16.4. The van der Waals surface area contributed by atoms with E-state index >= 15 is 0 Å². The molecule has 2 aromatic rings. The van der Waals surface area contributed by atoms with Crippen LogP contribution < -0.4 is 5.32 Å². The SMILES string of the molecule is CC[C@@H]1/C(=N/O)C[C@H](c2ccco2)N[C@H]1c1ccco1. The van der Waals surface area contributed by atoms with Crippen LogP contribution in [0.25, 0.3) is 0 Å². The van der Waals surface area contributed by atoms with Gasteiger partial charge in [-0.3, -0.25) is 5.32 Å². The number of rotatable bonds is 3. The fourth-order valence-electron chi connectivity index (χ4n) is 2.95. The van der Waals surface area contributed by atoms with Crippen molar-refractivity contribution < 1.29 is 14.0 Å². The van der Waals surface area contributed by atoms with Crippen molar-refractivity contribution in [1.82, 2.24) is 5.32 Å². The van der Waals surface area contributed by atoms with E-state index < -0.39 is 0 Å². The van der Waals surface area contributed by atoms with E-state index in [-0.39, 0.29) is 18.0 Å². The van der Waals surface area contributed by atoms with Crippen LogP contribution >= 0.6 is 0 Å². The maximum absolute atomic E-state index is 9.32. The van der Waals surface area contributed by atoms with Crippen LogP contribution in [0.15, 0.2) is 50.8 Å². The second-order valence-electron chi connectivity index (χ2n) is 5.04. The summed E-state index contributed by atoms with van der Waals surface area (Å²) in [4.78, 5) is 0. The van der Waals surface area contributed by atoms with Gasteiger partial charge in [0.25, 0.3) is 0 Å². The lowest BCUT2D eigenvalue weighted by Crippen LogP contribution is -2.42. The van der Waals surface area contributed by atoms with Gasteiger partial charge in [-0.1, -0.05) is 12.1 Å². The molecule has 5 nitrogen and oxygen atoms in total. The van der Waals surface area contributed by atoms with E-state index in [9.17, 15) is 5.21 Å². The van der Waals surface area contributed by atoms with Crippen LogP contribution in [0.5, 0.6) is 0 Å². The van der Waals surface area contributed by atoms with Gasteiger partial charge in [0.1, 0.15) is 11.5 Å². The highest BCUT2D eigenvalue weighted by Crippen LogP contribution is 2.37. The lowest BCUT2D eigenvalue weighted by Gasteiger charge is -2.35. The molecule has 5 heteroatoms. The second kappa shape index (κ2) is 5.54. The first-order chi connectivity index (χ1) is 9.83. The Morgan fingerprint density at radius 2 is 1.95 bits per heavy atom. The molecular weight excluding hydrogens is 256 g/mol. The summed E-state index contributed by atoms with van der Waals surface area (Å²) in [6, 6.07) is 7.59. The Kier molecular flexibility index (Phi) is 3.60. The number of oxime groups is 1. The van der Waals surface area contributed by atoms with Gasteiger partial charge in [0.15, 0.2) is 0 Å². The normalized spacial score (nSPS) is 28.9. The third kappa shape index (κ3) is 2.25. The molecule has 0 spiro atoms. The van der Waals surface area contributed by atoms with Crippen molar-refractivity contribution in [3.05, 3.63) is 48.3 Å². The van der Waals surface area contributed by atoms with Gasteiger partial charge in [0.2, 0.25) is 0 Å². The number of furan rings is 2. The molecule has 0 bridgehead atoms.